The van der Waals surface area contributed by atoms with Crippen LogP contribution < -0.4 is 10.1 Å². The summed E-state index contributed by atoms with van der Waals surface area (Å²) in [5.41, 5.74) is 1.51. The Hall–Kier alpha value is -1.57. The molecule has 0 saturated heterocycles. The SMILES string of the molecule is CCCC(=O)Nc1ccc(Cl)c(N=Cc2c(O)c(OC)cc(Br)c2Br)c1. The van der Waals surface area contributed by atoms with Gasteiger partial charge in [0.25, 0.3) is 0 Å². The van der Waals surface area contributed by atoms with Gasteiger partial charge in [0, 0.05) is 27.3 Å². The zero-order valence-corrected chi connectivity index (χ0v) is 18.1. The summed E-state index contributed by atoms with van der Waals surface area (Å²) in [6.07, 6.45) is 2.69. The second-order valence-corrected chi connectivity index (χ2v) is 7.41. The van der Waals surface area contributed by atoms with E-state index in [1.165, 1.54) is 13.3 Å². The molecule has 0 spiro atoms. The van der Waals surface area contributed by atoms with Gasteiger partial charge in [0.2, 0.25) is 5.91 Å². The Morgan fingerprint density at radius 2 is 2.12 bits per heavy atom. The molecule has 0 aromatic heterocycles. The van der Waals surface area contributed by atoms with Crippen molar-refractivity contribution in [3.8, 4) is 11.5 Å². The lowest BCUT2D eigenvalue weighted by atomic mass is 10.2. The van der Waals surface area contributed by atoms with Gasteiger partial charge >= 0.3 is 0 Å². The van der Waals surface area contributed by atoms with E-state index in [9.17, 15) is 9.90 Å². The topological polar surface area (TPSA) is 70.9 Å². The minimum Gasteiger partial charge on any atom is -0.504 e. The first-order valence-electron chi connectivity index (χ1n) is 7.75. The molecule has 5 nitrogen and oxygen atoms in total. The molecule has 2 N–H and O–H groups in total. The number of anilines is 1. The number of halogens is 3. The number of benzene rings is 2. The van der Waals surface area contributed by atoms with Crippen molar-refractivity contribution in [2.24, 2.45) is 4.99 Å². The molecule has 2 aromatic rings. The fraction of sp³-hybridized carbons (Fsp3) is 0.222. The normalized spacial score (nSPS) is 11.0. The first-order valence-corrected chi connectivity index (χ1v) is 9.72. The maximum absolute atomic E-state index is 11.7. The van der Waals surface area contributed by atoms with Crippen LogP contribution in [0.2, 0.25) is 5.02 Å². The van der Waals surface area contributed by atoms with E-state index in [1.807, 2.05) is 6.92 Å². The number of aromatic hydroxyl groups is 1. The number of ether oxygens (including phenoxy) is 1. The molecule has 1 amide bonds. The number of phenolic OH excluding ortho intramolecular Hbond substituents is 1. The summed E-state index contributed by atoms with van der Waals surface area (Å²) in [4.78, 5) is 16.1. The van der Waals surface area contributed by atoms with Gasteiger partial charge in [-0.25, -0.2) is 0 Å². The first kappa shape index (κ1) is 20.7. The van der Waals surface area contributed by atoms with Crippen LogP contribution in [-0.2, 0) is 4.79 Å². The van der Waals surface area contributed by atoms with Crippen molar-refractivity contribution in [2.45, 2.75) is 19.8 Å². The molecule has 0 aliphatic heterocycles. The van der Waals surface area contributed by atoms with E-state index in [0.717, 1.165) is 6.42 Å². The number of hydrogen-bond acceptors (Lipinski definition) is 4. The predicted molar refractivity (Wildman–Crippen MR) is 112 cm³/mol. The lowest BCUT2D eigenvalue weighted by Crippen LogP contribution is -2.10. The molecule has 2 rings (SSSR count). The van der Waals surface area contributed by atoms with Gasteiger partial charge in [-0.3, -0.25) is 9.79 Å². The Labute approximate surface area is 173 Å². The maximum atomic E-state index is 11.7. The second kappa shape index (κ2) is 9.39. The smallest absolute Gasteiger partial charge is 0.224 e. The third-order valence-corrected chi connectivity index (χ3v) is 5.78. The maximum Gasteiger partial charge on any atom is 0.224 e. The number of amides is 1. The number of aliphatic imine (C=N–C) groups is 1. The van der Waals surface area contributed by atoms with Crippen molar-refractivity contribution in [3.63, 3.8) is 0 Å². The van der Waals surface area contributed by atoms with E-state index >= 15 is 0 Å². The molecular formula is C18H17Br2ClN2O3. The number of rotatable bonds is 6. The summed E-state index contributed by atoms with van der Waals surface area (Å²) < 4.78 is 6.48. The highest BCUT2D eigenvalue weighted by molar-refractivity contribution is 9.13. The van der Waals surface area contributed by atoms with Crippen LogP contribution in [0, 0.1) is 0 Å². The van der Waals surface area contributed by atoms with Gasteiger partial charge in [0.05, 0.1) is 23.4 Å². The molecule has 138 valence electrons. The Bertz CT molecular complexity index is 857. The Balaban J connectivity index is 2.36. The third kappa shape index (κ3) is 4.99. The van der Waals surface area contributed by atoms with E-state index in [1.54, 1.807) is 24.3 Å². The highest BCUT2D eigenvalue weighted by Gasteiger charge is 2.14. The number of carbonyl (C=O) groups is 1. The Morgan fingerprint density at radius 3 is 2.77 bits per heavy atom. The van der Waals surface area contributed by atoms with E-state index in [4.69, 9.17) is 16.3 Å². The number of phenols is 1. The second-order valence-electron chi connectivity index (χ2n) is 5.36. The van der Waals surface area contributed by atoms with E-state index in [-0.39, 0.29) is 11.7 Å². The van der Waals surface area contributed by atoms with Crippen molar-refractivity contribution in [1.82, 2.24) is 0 Å². The zero-order chi connectivity index (χ0) is 19.3. The molecule has 0 radical (unpaired) electrons. The fourth-order valence-corrected chi connectivity index (χ4v) is 3.15. The quantitative estimate of drug-likeness (QED) is 0.469. The van der Waals surface area contributed by atoms with Crippen molar-refractivity contribution in [1.29, 1.82) is 0 Å². The molecule has 0 aliphatic carbocycles. The van der Waals surface area contributed by atoms with Crippen molar-refractivity contribution < 1.29 is 14.6 Å². The lowest BCUT2D eigenvalue weighted by Gasteiger charge is -2.10. The van der Waals surface area contributed by atoms with Crippen LogP contribution >= 0.6 is 43.5 Å². The number of carbonyl (C=O) groups excluding carboxylic acids is 1. The molecule has 26 heavy (non-hydrogen) atoms. The minimum atomic E-state index is -0.0677. The minimum absolute atomic E-state index is 0.0464. The van der Waals surface area contributed by atoms with Crippen molar-refractivity contribution in [2.75, 3.05) is 12.4 Å². The van der Waals surface area contributed by atoms with Crippen LogP contribution in [0.4, 0.5) is 11.4 Å². The van der Waals surface area contributed by atoms with Crippen LogP contribution in [0.15, 0.2) is 38.2 Å². The summed E-state index contributed by atoms with van der Waals surface area (Å²) in [5, 5.41) is 13.5. The summed E-state index contributed by atoms with van der Waals surface area (Å²) in [6.45, 7) is 1.94. The predicted octanol–water partition coefficient (Wildman–Crippen LogP) is 6.07. The number of nitrogens with one attached hydrogen (secondary N) is 1. The van der Waals surface area contributed by atoms with Gasteiger partial charge in [0.1, 0.15) is 0 Å². The standard InChI is InChI=1S/C18H17Br2ClN2O3/c1-3-4-16(24)23-10-5-6-13(21)14(7-10)22-9-11-17(20)12(19)8-15(26-2)18(11)25/h5-9,25H,3-4H2,1-2H3,(H,23,24). The largest absolute Gasteiger partial charge is 0.504 e. The third-order valence-electron chi connectivity index (χ3n) is 3.45. The van der Waals surface area contributed by atoms with Gasteiger partial charge in [-0.1, -0.05) is 18.5 Å². The Kier molecular flexibility index (Phi) is 7.49. The zero-order valence-electron chi connectivity index (χ0n) is 14.1. The molecule has 0 unspecified atom stereocenters. The number of nitrogens with zero attached hydrogens (tertiary/aromatic N) is 1. The van der Waals surface area contributed by atoms with Gasteiger partial charge < -0.3 is 15.2 Å². The Morgan fingerprint density at radius 1 is 1.38 bits per heavy atom. The molecular weight excluding hydrogens is 487 g/mol. The number of methoxy groups -OCH3 is 1. The van der Waals surface area contributed by atoms with Crippen molar-refractivity contribution >= 4 is 67.0 Å². The van der Waals surface area contributed by atoms with Gasteiger partial charge in [-0.15, -0.1) is 0 Å². The van der Waals surface area contributed by atoms with Crippen LogP contribution in [0.3, 0.4) is 0 Å². The van der Waals surface area contributed by atoms with E-state index in [2.05, 4.69) is 42.2 Å². The summed E-state index contributed by atoms with van der Waals surface area (Å²) in [6, 6.07) is 6.69. The number of hydrogen-bond donors (Lipinski definition) is 2. The van der Waals surface area contributed by atoms with E-state index < -0.39 is 0 Å². The molecule has 8 heteroatoms. The molecule has 0 fully saturated rings. The average molecular weight is 505 g/mol. The lowest BCUT2D eigenvalue weighted by molar-refractivity contribution is -0.116. The average Bonchev–Trinajstić information content (AvgIpc) is 2.60. The fourth-order valence-electron chi connectivity index (χ4n) is 2.16. The molecule has 0 saturated carbocycles. The van der Waals surface area contributed by atoms with Gasteiger partial charge in [-0.05, 0) is 62.5 Å². The summed E-state index contributed by atoms with van der Waals surface area (Å²) in [5.74, 6) is 0.199. The summed E-state index contributed by atoms with van der Waals surface area (Å²) >= 11 is 13.0. The molecule has 0 heterocycles. The van der Waals surface area contributed by atoms with Crippen molar-refractivity contribution in [3.05, 3.63) is 43.8 Å². The van der Waals surface area contributed by atoms with Crippen LogP contribution in [-0.4, -0.2) is 24.3 Å². The van der Waals surface area contributed by atoms with Gasteiger partial charge in [0.15, 0.2) is 11.5 Å². The molecule has 0 aliphatic rings. The van der Waals surface area contributed by atoms with E-state index in [0.29, 0.717) is 43.1 Å². The monoisotopic (exact) mass is 502 g/mol. The molecule has 2 aromatic carbocycles. The highest BCUT2D eigenvalue weighted by Crippen LogP contribution is 2.40. The van der Waals surface area contributed by atoms with Crippen LogP contribution in [0.5, 0.6) is 11.5 Å². The summed E-state index contributed by atoms with van der Waals surface area (Å²) in [7, 11) is 1.47. The van der Waals surface area contributed by atoms with Gasteiger partial charge in [-0.2, -0.15) is 0 Å². The first-order chi connectivity index (χ1) is 12.4. The highest BCUT2D eigenvalue weighted by atomic mass is 79.9. The van der Waals surface area contributed by atoms with Crippen LogP contribution in [0.25, 0.3) is 0 Å². The molecule has 0 atom stereocenters. The van der Waals surface area contributed by atoms with Crippen LogP contribution in [0.1, 0.15) is 25.3 Å². The molecule has 0 bridgehead atoms.